The van der Waals surface area contributed by atoms with Crippen LogP contribution < -0.4 is 5.56 Å². The van der Waals surface area contributed by atoms with Crippen LogP contribution in [0.25, 0.3) is 22.4 Å². The molecular formula is C24H25N3O3S. The monoisotopic (exact) mass is 435 g/mol. The van der Waals surface area contributed by atoms with Gasteiger partial charge in [0.1, 0.15) is 5.76 Å². The van der Waals surface area contributed by atoms with Crippen molar-refractivity contribution < 1.29 is 9.15 Å². The predicted octanol–water partition coefficient (Wildman–Crippen LogP) is 5.08. The van der Waals surface area contributed by atoms with Crippen LogP contribution in [-0.4, -0.2) is 27.7 Å². The Morgan fingerprint density at radius 2 is 1.84 bits per heavy atom. The zero-order valence-electron chi connectivity index (χ0n) is 17.7. The van der Waals surface area contributed by atoms with E-state index in [-0.39, 0.29) is 5.56 Å². The third kappa shape index (κ3) is 4.89. The number of aryl methyl sites for hydroxylation is 1. The lowest BCUT2D eigenvalue weighted by atomic mass is 10.2. The Kier molecular flexibility index (Phi) is 6.84. The molecule has 7 heteroatoms. The van der Waals surface area contributed by atoms with Gasteiger partial charge in [0.2, 0.25) is 5.89 Å². The van der Waals surface area contributed by atoms with Crippen LogP contribution in [0.5, 0.6) is 0 Å². The summed E-state index contributed by atoms with van der Waals surface area (Å²) >= 11 is 1.50. The van der Waals surface area contributed by atoms with Crippen LogP contribution in [0.15, 0.2) is 69.0 Å². The van der Waals surface area contributed by atoms with Crippen molar-refractivity contribution in [3.8, 4) is 11.5 Å². The Labute approximate surface area is 185 Å². The molecular weight excluding hydrogens is 410 g/mol. The van der Waals surface area contributed by atoms with Crippen LogP contribution in [0.1, 0.15) is 24.8 Å². The fraction of sp³-hybridized carbons (Fsp3) is 0.292. The number of oxazole rings is 1. The van der Waals surface area contributed by atoms with Gasteiger partial charge in [-0.3, -0.25) is 9.36 Å². The molecule has 0 amide bonds. The number of rotatable bonds is 9. The average molecular weight is 436 g/mol. The molecule has 4 aromatic rings. The first kappa shape index (κ1) is 21.3. The molecule has 0 atom stereocenters. The lowest BCUT2D eigenvalue weighted by Gasteiger charge is -2.13. The van der Waals surface area contributed by atoms with Crippen molar-refractivity contribution in [2.24, 2.45) is 0 Å². The summed E-state index contributed by atoms with van der Waals surface area (Å²) in [7, 11) is 0. The molecule has 0 aliphatic rings. The Morgan fingerprint density at radius 1 is 1.06 bits per heavy atom. The molecule has 0 saturated carbocycles. The van der Waals surface area contributed by atoms with Gasteiger partial charge in [-0.1, -0.05) is 42.1 Å². The molecule has 0 aliphatic carbocycles. The molecule has 2 aromatic carbocycles. The Bertz CT molecular complexity index is 1220. The van der Waals surface area contributed by atoms with E-state index in [2.05, 4.69) is 4.98 Å². The van der Waals surface area contributed by atoms with Gasteiger partial charge in [-0.05, 0) is 44.5 Å². The smallest absolute Gasteiger partial charge is 0.262 e. The van der Waals surface area contributed by atoms with Crippen molar-refractivity contribution in [2.75, 3.05) is 13.2 Å². The second kappa shape index (κ2) is 9.94. The molecule has 0 spiro atoms. The second-order valence-electron chi connectivity index (χ2n) is 7.10. The summed E-state index contributed by atoms with van der Waals surface area (Å²) in [5.74, 6) is 1.95. The predicted molar refractivity (Wildman–Crippen MR) is 123 cm³/mol. The molecule has 31 heavy (non-hydrogen) atoms. The van der Waals surface area contributed by atoms with E-state index in [1.54, 1.807) is 4.57 Å². The van der Waals surface area contributed by atoms with Crippen LogP contribution in [0.3, 0.4) is 0 Å². The minimum atomic E-state index is -0.0218. The van der Waals surface area contributed by atoms with Gasteiger partial charge in [0.25, 0.3) is 5.56 Å². The van der Waals surface area contributed by atoms with Crippen molar-refractivity contribution in [1.82, 2.24) is 14.5 Å². The van der Waals surface area contributed by atoms with E-state index >= 15 is 0 Å². The largest absolute Gasteiger partial charge is 0.441 e. The Balaban J connectivity index is 1.60. The maximum Gasteiger partial charge on any atom is 0.262 e. The van der Waals surface area contributed by atoms with Gasteiger partial charge in [-0.15, -0.1) is 0 Å². The van der Waals surface area contributed by atoms with Crippen LogP contribution in [0, 0.1) is 6.92 Å². The number of ether oxygens (including phenoxy) is 1. The van der Waals surface area contributed by atoms with Crippen molar-refractivity contribution >= 4 is 22.7 Å². The lowest BCUT2D eigenvalue weighted by Crippen LogP contribution is -2.24. The summed E-state index contributed by atoms with van der Waals surface area (Å²) in [4.78, 5) is 22.6. The SMILES string of the molecule is CCOCCCn1c(SCc2nc(-c3ccccc3)oc2C)nc2ccccc2c1=O. The van der Waals surface area contributed by atoms with Crippen LogP contribution in [0.2, 0.25) is 0 Å². The van der Waals surface area contributed by atoms with E-state index in [4.69, 9.17) is 14.1 Å². The highest BCUT2D eigenvalue weighted by Gasteiger charge is 2.15. The highest BCUT2D eigenvalue weighted by molar-refractivity contribution is 7.98. The quantitative estimate of drug-likeness (QED) is 0.207. The number of fused-ring (bicyclic) bond motifs is 1. The first-order valence-corrected chi connectivity index (χ1v) is 11.4. The summed E-state index contributed by atoms with van der Waals surface area (Å²) in [6, 6.07) is 17.3. The van der Waals surface area contributed by atoms with E-state index in [0.29, 0.717) is 47.5 Å². The molecule has 0 saturated heterocycles. The van der Waals surface area contributed by atoms with Crippen molar-refractivity contribution in [2.45, 2.75) is 37.7 Å². The number of para-hydroxylation sites is 1. The normalized spacial score (nSPS) is 11.3. The van der Waals surface area contributed by atoms with Gasteiger partial charge in [0.15, 0.2) is 5.16 Å². The topological polar surface area (TPSA) is 70.2 Å². The standard InChI is InChI=1S/C24H25N3O3S/c1-3-29-15-9-14-27-23(28)19-12-7-8-13-20(19)26-24(27)31-16-21-17(2)30-22(25-21)18-10-5-4-6-11-18/h4-8,10-13H,3,9,14-16H2,1-2H3. The fourth-order valence-corrected chi connectivity index (χ4v) is 4.35. The highest BCUT2D eigenvalue weighted by Crippen LogP contribution is 2.27. The van der Waals surface area contributed by atoms with Crippen molar-refractivity contribution in [3.63, 3.8) is 0 Å². The number of nitrogens with zero attached hydrogens (tertiary/aromatic N) is 3. The minimum Gasteiger partial charge on any atom is -0.441 e. The third-order valence-corrected chi connectivity index (χ3v) is 5.94. The molecule has 0 bridgehead atoms. The molecule has 2 aromatic heterocycles. The molecule has 6 nitrogen and oxygen atoms in total. The van der Waals surface area contributed by atoms with E-state index in [0.717, 1.165) is 23.4 Å². The summed E-state index contributed by atoms with van der Waals surface area (Å²) in [6.45, 7) is 5.73. The maximum atomic E-state index is 13.1. The Hall–Kier alpha value is -2.90. The van der Waals surface area contributed by atoms with Crippen molar-refractivity contribution in [3.05, 3.63) is 76.4 Å². The van der Waals surface area contributed by atoms with E-state index in [1.165, 1.54) is 11.8 Å². The molecule has 0 radical (unpaired) electrons. The van der Waals surface area contributed by atoms with Crippen LogP contribution >= 0.6 is 11.8 Å². The number of benzene rings is 2. The molecule has 0 aliphatic heterocycles. The van der Waals surface area contributed by atoms with Gasteiger partial charge in [0.05, 0.1) is 16.6 Å². The van der Waals surface area contributed by atoms with Crippen LogP contribution in [-0.2, 0) is 17.0 Å². The fourth-order valence-electron chi connectivity index (χ4n) is 3.32. The lowest BCUT2D eigenvalue weighted by molar-refractivity contribution is 0.140. The minimum absolute atomic E-state index is 0.0218. The van der Waals surface area contributed by atoms with Gasteiger partial charge in [0, 0.05) is 31.1 Å². The molecule has 0 fully saturated rings. The van der Waals surface area contributed by atoms with Gasteiger partial charge in [-0.2, -0.15) is 0 Å². The van der Waals surface area contributed by atoms with Crippen molar-refractivity contribution in [1.29, 1.82) is 0 Å². The number of thioether (sulfide) groups is 1. The maximum absolute atomic E-state index is 13.1. The third-order valence-electron chi connectivity index (χ3n) is 4.95. The molecule has 2 heterocycles. The van der Waals surface area contributed by atoms with E-state index in [9.17, 15) is 4.79 Å². The number of hydrogen-bond acceptors (Lipinski definition) is 6. The van der Waals surface area contributed by atoms with Gasteiger partial charge in [-0.25, -0.2) is 9.97 Å². The zero-order chi connectivity index (χ0) is 21.6. The first-order valence-electron chi connectivity index (χ1n) is 10.4. The second-order valence-corrected chi connectivity index (χ2v) is 8.04. The van der Waals surface area contributed by atoms with E-state index < -0.39 is 0 Å². The van der Waals surface area contributed by atoms with Crippen LogP contribution in [0.4, 0.5) is 0 Å². The average Bonchev–Trinajstić information content (AvgIpc) is 3.18. The highest BCUT2D eigenvalue weighted by atomic mass is 32.2. The first-order chi connectivity index (χ1) is 15.2. The van der Waals surface area contributed by atoms with Gasteiger partial charge >= 0.3 is 0 Å². The molecule has 0 N–H and O–H groups in total. The number of aromatic nitrogens is 3. The number of hydrogen-bond donors (Lipinski definition) is 0. The van der Waals surface area contributed by atoms with Gasteiger partial charge < -0.3 is 9.15 Å². The summed E-state index contributed by atoms with van der Waals surface area (Å²) < 4.78 is 13.1. The summed E-state index contributed by atoms with van der Waals surface area (Å²) in [5.41, 5.74) is 2.48. The zero-order valence-corrected chi connectivity index (χ0v) is 18.5. The Morgan fingerprint density at radius 3 is 2.65 bits per heavy atom. The summed E-state index contributed by atoms with van der Waals surface area (Å²) in [5, 5.41) is 1.32. The molecule has 0 unspecified atom stereocenters. The summed E-state index contributed by atoms with van der Waals surface area (Å²) in [6.07, 6.45) is 0.752. The molecule has 160 valence electrons. The molecule has 4 rings (SSSR count). The van der Waals surface area contributed by atoms with E-state index in [1.807, 2.05) is 68.4 Å².